The second kappa shape index (κ2) is 10.9. The van der Waals surface area contributed by atoms with Gasteiger partial charge >= 0.3 is 0 Å². The monoisotopic (exact) mass is 576 g/mol. The van der Waals surface area contributed by atoms with Crippen LogP contribution in [0.3, 0.4) is 0 Å². The number of hydrogen-bond donors (Lipinski definition) is 0. The largest absolute Gasteiger partial charge is 0.139 e. The summed E-state index contributed by atoms with van der Waals surface area (Å²) in [5, 5.41) is 0. The lowest BCUT2D eigenvalue weighted by molar-refractivity contribution is 0.448. The standard InChI is InChI=1S/C32H32S5/c1-3-7-21(8-4-1)23-11-13-25(33-23)27-15-17-29(35-27)31-19-20-32(37-31)30-18-16-28(36-30)26-14-12-24(34-26)22-9-5-2-6-10-22/h11-22H,1-10H2. The van der Waals surface area contributed by atoms with Crippen LogP contribution in [0.1, 0.15) is 85.8 Å². The van der Waals surface area contributed by atoms with E-state index in [1.54, 1.807) is 9.75 Å². The van der Waals surface area contributed by atoms with E-state index in [9.17, 15) is 0 Å². The fourth-order valence-corrected chi connectivity index (χ4v) is 11.7. The van der Waals surface area contributed by atoms with E-state index in [0.29, 0.717) is 0 Å². The second-order valence-corrected chi connectivity index (χ2v) is 16.0. The van der Waals surface area contributed by atoms with Crippen LogP contribution in [-0.4, -0.2) is 0 Å². The molecule has 0 N–H and O–H groups in total. The molecule has 37 heavy (non-hydrogen) atoms. The maximum absolute atomic E-state index is 2.40. The topological polar surface area (TPSA) is 0 Å². The minimum atomic E-state index is 0.801. The molecule has 5 heterocycles. The van der Waals surface area contributed by atoms with Crippen LogP contribution >= 0.6 is 56.7 Å². The van der Waals surface area contributed by atoms with Gasteiger partial charge < -0.3 is 0 Å². The molecule has 0 aromatic carbocycles. The van der Waals surface area contributed by atoms with Crippen LogP contribution in [0.25, 0.3) is 39.0 Å². The molecular formula is C32H32S5. The van der Waals surface area contributed by atoms with Crippen molar-refractivity contribution in [2.75, 3.05) is 0 Å². The smallest absolute Gasteiger partial charge is 0.0449 e. The van der Waals surface area contributed by atoms with Gasteiger partial charge in [0.05, 0.1) is 0 Å². The van der Waals surface area contributed by atoms with E-state index in [0.717, 1.165) is 11.8 Å². The summed E-state index contributed by atoms with van der Waals surface area (Å²) < 4.78 is 0. The van der Waals surface area contributed by atoms with Crippen LogP contribution in [-0.2, 0) is 0 Å². The van der Waals surface area contributed by atoms with E-state index in [4.69, 9.17) is 0 Å². The van der Waals surface area contributed by atoms with Crippen LogP contribution in [0.15, 0.2) is 60.7 Å². The molecule has 190 valence electrons. The highest BCUT2D eigenvalue weighted by Crippen LogP contribution is 2.46. The van der Waals surface area contributed by atoms with Gasteiger partial charge in [-0.2, -0.15) is 0 Å². The zero-order valence-electron chi connectivity index (χ0n) is 21.0. The maximum Gasteiger partial charge on any atom is 0.0449 e. The fourth-order valence-electron chi connectivity index (χ4n) is 5.99. The molecular weight excluding hydrogens is 545 g/mol. The average Bonchev–Trinajstić information content (AvgIpc) is 3.78. The van der Waals surface area contributed by atoms with Crippen LogP contribution in [0.4, 0.5) is 0 Å². The molecule has 0 radical (unpaired) electrons. The number of rotatable bonds is 6. The summed E-state index contributed by atoms with van der Waals surface area (Å²) in [5.41, 5.74) is 0. The van der Waals surface area contributed by atoms with Crippen molar-refractivity contribution in [1.82, 2.24) is 0 Å². The zero-order chi connectivity index (χ0) is 24.6. The molecule has 2 saturated carbocycles. The molecule has 0 atom stereocenters. The Balaban J connectivity index is 1.06. The van der Waals surface area contributed by atoms with Crippen molar-refractivity contribution < 1.29 is 0 Å². The lowest BCUT2D eigenvalue weighted by Gasteiger charge is -2.19. The normalized spacial score (nSPS) is 17.5. The molecule has 0 bridgehead atoms. The zero-order valence-corrected chi connectivity index (χ0v) is 25.1. The summed E-state index contributed by atoms with van der Waals surface area (Å²) in [6.45, 7) is 0. The first-order valence-corrected chi connectivity index (χ1v) is 17.9. The quantitative estimate of drug-likeness (QED) is 0.189. The summed E-state index contributed by atoms with van der Waals surface area (Å²) in [6, 6.07) is 23.5. The molecule has 5 aromatic heterocycles. The van der Waals surface area contributed by atoms with Crippen molar-refractivity contribution in [2.24, 2.45) is 0 Å². The molecule has 0 nitrogen and oxygen atoms in total. The van der Waals surface area contributed by atoms with Gasteiger partial charge in [0.25, 0.3) is 0 Å². The first kappa shape index (κ1) is 24.5. The third-order valence-electron chi connectivity index (χ3n) is 8.06. The Morgan fingerprint density at radius 3 is 0.919 bits per heavy atom. The Morgan fingerprint density at radius 2 is 0.595 bits per heavy atom. The molecule has 0 spiro atoms. The van der Waals surface area contributed by atoms with E-state index in [1.165, 1.54) is 103 Å². The molecule has 2 aliphatic carbocycles. The second-order valence-electron chi connectivity index (χ2n) is 10.6. The lowest BCUT2D eigenvalue weighted by atomic mass is 9.88. The molecule has 7 rings (SSSR count). The van der Waals surface area contributed by atoms with Crippen LogP contribution in [0.5, 0.6) is 0 Å². The average molecular weight is 577 g/mol. The Bertz CT molecular complexity index is 1350. The highest BCUT2D eigenvalue weighted by atomic mass is 32.1. The third-order valence-corrected chi connectivity index (χ3v) is 14.6. The maximum atomic E-state index is 2.40. The summed E-state index contributed by atoms with van der Waals surface area (Å²) in [4.78, 5) is 14.5. The van der Waals surface area contributed by atoms with E-state index >= 15 is 0 Å². The van der Waals surface area contributed by atoms with E-state index in [2.05, 4.69) is 60.7 Å². The van der Waals surface area contributed by atoms with Crippen LogP contribution in [0.2, 0.25) is 0 Å². The van der Waals surface area contributed by atoms with Gasteiger partial charge in [0.15, 0.2) is 0 Å². The lowest BCUT2D eigenvalue weighted by Crippen LogP contribution is -2.01. The Hall–Kier alpha value is -1.50. The summed E-state index contributed by atoms with van der Waals surface area (Å²) in [5.74, 6) is 1.60. The SMILES string of the molecule is c1cc(-c2ccc(-c3ccc(C4CCCCC4)s3)s2)sc1-c1ccc(-c2ccc(C3CCCCC3)s2)s1. The van der Waals surface area contributed by atoms with Gasteiger partial charge in [-0.3, -0.25) is 0 Å². The predicted octanol–water partition coefficient (Wildman–Crippen LogP) is 12.8. The molecule has 0 aliphatic heterocycles. The predicted molar refractivity (Wildman–Crippen MR) is 169 cm³/mol. The van der Waals surface area contributed by atoms with Gasteiger partial charge in [-0.15, -0.1) is 56.7 Å². The van der Waals surface area contributed by atoms with Crippen molar-refractivity contribution in [3.05, 3.63) is 70.4 Å². The Labute approximate surface area is 240 Å². The minimum Gasteiger partial charge on any atom is -0.139 e. The van der Waals surface area contributed by atoms with Gasteiger partial charge in [0, 0.05) is 48.8 Å². The molecule has 0 saturated heterocycles. The van der Waals surface area contributed by atoms with E-state index in [-0.39, 0.29) is 0 Å². The van der Waals surface area contributed by atoms with Crippen LogP contribution in [0, 0.1) is 0 Å². The van der Waals surface area contributed by atoms with Crippen molar-refractivity contribution in [1.29, 1.82) is 0 Å². The molecule has 5 heteroatoms. The Kier molecular flexibility index (Phi) is 7.25. The van der Waals surface area contributed by atoms with E-state index < -0.39 is 0 Å². The third kappa shape index (κ3) is 5.23. The molecule has 2 aliphatic rings. The molecule has 5 aromatic rings. The highest BCUT2D eigenvalue weighted by molar-refractivity contribution is 7.29. The van der Waals surface area contributed by atoms with Crippen molar-refractivity contribution in [3.8, 4) is 39.0 Å². The van der Waals surface area contributed by atoms with Crippen LogP contribution < -0.4 is 0 Å². The molecule has 0 unspecified atom stereocenters. The van der Waals surface area contributed by atoms with Crippen molar-refractivity contribution in [3.63, 3.8) is 0 Å². The fraction of sp³-hybridized carbons (Fsp3) is 0.375. The van der Waals surface area contributed by atoms with Crippen molar-refractivity contribution in [2.45, 2.75) is 76.0 Å². The summed E-state index contributed by atoms with van der Waals surface area (Å²) in [6.07, 6.45) is 14.0. The van der Waals surface area contributed by atoms with Gasteiger partial charge in [-0.1, -0.05) is 38.5 Å². The Morgan fingerprint density at radius 1 is 0.324 bits per heavy atom. The van der Waals surface area contributed by atoms with Gasteiger partial charge in [0.1, 0.15) is 0 Å². The summed E-state index contributed by atoms with van der Waals surface area (Å²) >= 11 is 9.90. The first-order valence-electron chi connectivity index (χ1n) is 13.8. The number of thiophene rings is 5. The molecule has 2 fully saturated rings. The number of hydrogen-bond acceptors (Lipinski definition) is 5. The van der Waals surface area contributed by atoms with Gasteiger partial charge in [0.2, 0.25) is 0 Å². The van der Waals surface area contributed by atoms with Crippen molar-refractivity contribution >= 4 is 56.7 Å². The molecule has 0 amide bonds. The van der Waals surface area contributed by atoms with Gasteiger partial charge in [-0.05, 0) is 98.2 Å². The summed E-state index contributed by atoms with van der Waals surface area (Å²) in [7, 11) is 0. The highest BCUT2D eigenvalue weighted by Gasteiger charge is 2.20. The van der Waals surface area contributed by atoms with Gasteiger partial charge in [-0.25, -0.2) is 0 Å². The van der Waals surface area contributed by atoms with E-state index in [1.807, 2.05) is 56.7 Å². The minimum absolute atomic E-state index is 0.801. The first-order chi connectivity index (χ1) is 18.3.